The summed E-state index contributed by atoms with van der Waals surface area (Å²) in [4.78, 5) is 75.3. The lowest BCUT2D eigenvalue weighted by atomic mass is 10.0. The second-order valence-corrected chi connectivity index (χ2v) is 16.2. The molecule has 16 nitrogen and oxygen atoms in total. The highest BCUT2D eigenvalue weighted by molar-refractivity contribution is 6.25. The van der Waals surface area contributed by atoms with Crippen molar-refractivity contribution in [3.8, 4) is 11.5 Å². The lowest BCUT2D eigenvalue weighted by Gasteiger charge is -2.27. The van der Waals surface area contributed by atoms with Crippen molar-refractivity contribution in [2.24, 2.45) is 5.41 Å². The van der Waals surface area contributed by atoms with Crippen LogP contribution in [0.2, 0.25) is 0 Å². The predicted octanol–water partition coefficient (Wildman–Crippen LogP) is 5.65. The van der Waals surface area contributed by atoms with Gasteiger partial charge in [-0.25, -0.2) is 9.97 Å². The molecular formula is C44H49F3N8O8. The predicted molar refractivity (Wildman–Crippen MR) is 225 cm³/mol. The lowest BCUT2D eigenvalue weighted by molar-refractivity contribution is -0.138. The van der Waals surface area contributed by atoms with Gasteiger partial charge in [-0.2, -0.15) is 13.2 Å². The van der Waals surface area contributed by atoms with E-state index in [0.29, 0.717) is 78.0 Å². The van der Waals surface area contributed by atoms with Crippen molar-refractivity contribution in [2.45, 2.75) is 70.6 Å². The zero-order valence-corrected chi connectivity index (χ0v) is 35.3. The van der Waals surface area contributed by atoms with Crippen LogP contribution in [-0.4, -0.2) is 102 Å². The topological polar surface area (TPSA) is 207 Å². The first-order valence-electron chi connectivity index (χ1n) is 20.6. The summed E-state index contributed by atoms with van der Waals surface area (Å²) in [6.45, 7) is 5.10. The minimum absolute atomic E-state index is 0.00724. The molecule has 3 aromatic carbocycles. The van der Waals surface area contributed by atoms with Crippen LogP contribution in [0.15, 0.2) is 48.5 Å². The molecular weight excluding hydrogens is 826 g/mol. The maximum atomic E-state index is 13.5. The average Bonchev–Trinajstić information content (AvgIpc) is 3.95. The van der Waals surface area contributed by atoms with Crippen LogP contribution in [0.4, 0.5) is 30.4 Å². The molecule has 1 saturated heterocycles. The van der Waals surface area contributed by atoms with Crippen molar-refractivity contribution in [1.82, 2.24) is 25.1 Å². The summed E-state index contributed by atoms with van der Waals surface area (Å²) in [7, 11) is 3.27. The molecule has 5 amide bonds. The van der Waals surface area contributed by atoms with Gasteiger partial charge < -0.3 is 35.5 Å². The fourth-order valence-electron chi connectivity index (χ4n) is 7.90. The lowest BCUT2D eigenvalue weighted by Crippen LogP contribution is -2.54. The van der Waals surface area contributed by atoms with Crippen molar-refractivity contribution in [3.05, 3.63) is 76.6 Å². The minimum Gasteiger partial charge on any atom is -0.493 e. The largest absolute Gasteiger partial charge is 0.493 e. The van der Waals surface area contributed by atoms with Gasteiger partial charge in [0.15, 0.2) is 11.5 Å². The number of fused-ring (bicyclic) bond motifs is 2. The van der Waals surface area contributed by atoms with Crippen LogP contribution in [0, 0.1) is 12.3 Å². The number of imide groups is 2. The summed E-state index contributed by atoms with van der Waals surface area (Å²) in [6, 6.07) is 10.1. The van der Waals surface area contributed by atoms with Gasteiger partial charge in [-0.15, -0.1) is 0 Å². The molecule has 2 atom stereocenters. The summed E-state index contributed by atoms with van der Waals surface area (Å²) >= 11 is 0. The molecule has 1 saturated carbocycles. The van der Waals surface area contributed by atoms with Gasteiger partial charge >= 0.3 is 6.18 Å². The number of nitrogens with two attached hydrogens (primary N) is 1. The number of nitrogen functional groups attached to an aromatic ring is 1. The van der Waals surface area contributed by atoms with Gasteiger partial charge in [0.1, 0.15) is 17.7 Å². The van der Waals surface area contributed by atoms with Crippen molar-refractivity contribution in [1.29, 1.82) is 0 Å². The van der Waals surface area contributed by atoms with Crippen LogP contribution < -0.4 is 31.2 Å². The standard InChI is InChI=1S/C44H49F3N8O8/c1-24(26-17-27(44(45,46)47)19-28(48)18-26)50-39-30-20-35(34(61-4)21-32(30)51-25(2)52-39)63-23-43(12-13-43)22-54(3)37(57)9-6-15-62-16-14-49-31-8-5-7-29-38(31)42(60)55(41(29)59)33-10-11-36(56)53-40(33)58/h5,7-8,17-21,24,33,49H,6,9-16,22-23,48H2,1-4H3,(H,50,51,52)(H,53,56,58)/t24-,33?/m1/s1. The number of amides is 5. The number of carbonyl (C=O) groups is 5. The number of benzene rings is 3. The number of piperidine rings is 1. The molecule has 5 N–H and O–H groups in total. The molecule has 2 fully saturated rings. The molecule has 3 aliphatic rings. The molecule has 1 aromatic heterocycles. The summed E-state index contributed by atoms with van der Waals surface area (Å²) in [5.41, 5.74) is 6.37. The average molecular weight is 875 g/mol. The summed E-state index contributed by atoms with van der Waals surface area (Å²) < 4.78 is 58.4. The smallest absolute Gasteiger partial charge is 0.416 e. The Kier molecular flexibility index (Phi) is 12.8. The van der Waals surface area contributed by atoms with Crippen LogP contribution in [0.1, 0.15) is 89.2 Å². The van der Waals surface area contributed by atoms with Crippen LogP contribution in [0.5, 0.6) is 11.5 Å². The number of anilines is 3. The number of rotatable bonds is 18. The highest BCUT2D eigenvalue weighted by Gasteiger charge is 2.46. The molecule has 1 unspecified atom stereocenters. The molecule has 3 heterocycles. The van der Waals surface area contributed by atoms with Gasteiger partial charge in [0, 0.05) is 67.8 Å². The Morgan fingerprint density at radius 2 is 1.84 bits per heavy atom. The Labute approximate surface area is 361 Å². The number of carbonyl (C=O) groups excluding carboxylic acids is 5. The van der Waals surface area contributed by atoms with E-state index >= 15 is 0 Å². The summed E-state index contributed by atoms with van der Waals surface area (Å²) in [5.74, 6) is -0.649. The number of nitrogens with zero attached hydrogens (tertiary/aromatic N) is 4. The zero-order valence-electron chi connectivity index (χ0n) is 35.3. The molecule has 334 valence electrons. The third kappa shape index (κ3) is 9.93. The molecule has 63 heavy (non-hydrogen) atoms. The summed E-state index contributed by atoms with van der Waals surface area (Å²) in [5, 5.41) is 9.13. The minimum atomic E-state index is -4.56. The Bertz CT molecular complexity index is 2460. The van der Waals surface area contributed by atoms with E-state index in [1.165, 1.54) is 19.2 Å². The number of hydrogen-bond acceptors (Lipinski definition) is 13. The van der Waals surface area contributed by atoms with Crippen LogP contribution >= 0.6 is 0 Å². The van der Waals surface area contributed by atoms with E-state index in [9.17, 15) is 37.1 Å². The highest BCUT2D eigenvalue weighted by atomic mass is 19.4. The third-order valence-corrected chi connectivity index (χ3v) is 11.4. The van der Waals surface area contributed by atoms with Crippen LogP contribution in [-0.2, 0) is 25.3 Å². The van der Waals surface area contributed by atoms with Gasteiger partial charge in [0.2, 0.25) is 17.7 Å². The molecule has 0 spiro atoms. The first-order valence-corrected chi connectivity index (χ1v) is 20.6. The van der Waals surface area contributed by atoms with Crippen molar-refractivity contribution >= 4 is 57.6 Å². The van der Waals surface area contributed by atoms with Gasteiger partial charge in [0.05, 0.1) is 48.6 Å². The normalized spacial score (nSPS) is 17.3. The molecule has 0 radical (unpaired) electrons. The number of aromatic nitrogens is 2. The molecule has 4 aromatic rings. The Morgan fingerprint density at radius 1 is 1.06 bits per heavy atom. The number of nitrogens with one attached hydrogen (secondary N) is 3. The van der Waals surface area contributed by atoms with E-state index in [-0.39, 0.29) is 54.0 Å². The van der Waals surface area contributed by atoms with Gasteiger partial charge in [-0.3, -0.25) is 34.2 Å². The van der Waals surface area contributed by atoms with E-state index in [4.69, 9.17) is 19.9 Å². The molecule has 7 rings (SSSR count). The van der Waals surface area contributed by atoms with Crippen LogP contribution in [0.25, 0.3) is 10.9 Å². The maximum absolute atomic E-state index is 13.5. The van der Waals surface area contributed by atoms with Gasteiger partial charge in [0.25, 0.3) is 11.8 Å². The van der Waals surface area contributed by atoms with Crippen LogP contribution in [0.3, 0.4) is 0 Å². The number of halogens is 3. The zero-order chi connectivity index (χ0) is 45.2. The Hall–Kier alpha value is -6.50. The Morgan fingerprint density at radius 3 is 2.56 bits per heavy atom. The van der Waals surface area contributed by atoms with E-state index in [2.05, 4.69) is 25.9 Å². The van der Waals surface area contributed by atoms with Crippen molar-refractivity contribution < 1.29 is 51.4 Å². The molecule has 2 aliphatic heterocycles. The SMILES string of the molecule is COc1cc2nc(C)nc(N[C@H](C)c3cc(N)cc(C(F)(F)F)c3)c2cc1OCC1(CN(C)C(=O)CCCOCCNc2cccc3c2C(=O)N(C2CCC(=O)NC2=O)C3=O)CC1. The van der Waals surface area contributed by atoms with Crippen molar-refractivity contribution in [2.75, 3.05) is 63.4 Å². The molecule has 1 aliphatic carbocycles. The number of alkyl halides is 3. The van der Waals surface area contributed by atoms with Crippen molar-refractivity contribution in [3.63, 3.8) is 0 Å². The summed E-state index contributed by atoms with van der Waals surface area (Å²) in [6.07, 6.45) is -2.02. The fourth-order valence-corrected chi connectivity index (χ4v) is 7.90. The monoisotopic (exact) mass is 874 g/mol. The van der Waals surface area contributed by atoms with Gasteiger partial charge in [-0.1, -0.05) is 6.07 Å². The number of ether oxygens (including phenoxy) is 3. The van der Waals surface area contributed by atoms with E-state index < -0.39 is 47.5 Å². The number of aryl methyl sites for hydroxylation is 1. The molecule has 0 bridgehead atoms. The molecule has 19 heteroatoms. The quantitative estimate of drug-likeness (QED) is 0.0543. The van der Waals surface area contributed by atoms with E-state index in [1.807, 2.05) is 0 Å². The van der Waals surface area contributed by atoms with E-state index in [1.54, 1.807) is 50.1 Å². The van der Waals surface area contributed by atoms with Gasteiger partial charge in [-0.05, 0) is 81.5 Å². The number of hydrogen-bond donors (Lipinski definition) is 4. The first kappa shape index (κ1) is 44.6. The highest BCUT2D eigenvalue weighted by Crippen LogP contribution is 2.47. The Balaban J connectivity index is 0.882. The van der Waals surface area contributed by atoms with E-state index in [0.717, 1.165) is 29.9 Å². The first-order chi connectivity index (χ1) is 30.0. The number of methoxy groups -OCH3 is 1. The second-order valence-electron chi connectivity index (χ2n) is 16.2. The third-order valence-electron chi connectivity index (χ3n) is 11.4. The fraction of sp³-hybridized carbons (Fsp3) is 0.432. The second kappa shape index (κ2) is 18.1. The maximum Gasteiger partial charge on any atom is 0.416 e.